The second-order valence-electron chi connectivity index (χ2n) is 4.13. The average Bonchev–Trinajstić information content (AvgIpc) is 2.36. The maximum Gasteiger partial charge on any atom is 0.573 e. The molecule has 1 unspecified atom stereocenters. The Kier molecular flexibility index (Phi) is 5.82. The van der Waals surface area contributed by atoms with Gasteiger partial charge in [-0.1, -0.05) is 19.1 Å². The maximum absolute atomic E-state index is 12.2. The fourth-order valence-electron chi connectivity index (χ4n) is 1.67. The molecular weight excluding hydrogens is 275 g/mol. The lowest BCUT2D eigenvalue weighted by molar-refractivity contribution is -0.274. The highest BCUT2D eigenvalue weighted by Crippen LogP contribution is 2.26. The summed E-state index contributed by atoms with van der Waals surface area (Å²) >= 11 is 0. The van der Waals surface area contributed by atoms with Crippen LogP contribution in [-0.4, -0.2) is 30.0 Å². The molecule has 0 aliphatic heterocycles. The van der Waals surface area contributed by atoms with Gasteiger partial charge >= 0.3 is 6.36 Å². The molecule has 112 valence electrons. The van der Waals surface area contributed by atoms with Crippen LogP contribution < -0.4 is 10.1 Å². The van der Waals surface area contributed by atoms with E-state index in [1.165, 1.54) is 18.2 Å². The lowest BCUT2D eigenvalue weighted by Crippen LogP contribution is -2.35. The SMILES string of the molecule is CCC(CCO)NC(=O)c1ccccc1OC(F)(F)F. The van der Waals surface area contributed by atoms with E-state index in [1.54, 1.807) is 6.92 Å². The smallest absolute Gasteiger partial charge is 0.405 e. The molecule has 0 saturated carbocycles. The molecular formula is C13H16F3NO3. The Morgan fingerprint density at radius 1 is 1.40 bits per heavy atom. The van der Waals surface area contributed by atoms with Crippen molar-refractivity contribution in [3.63, 3.8) is 0 Å². The van der Waals surface area contributed by atoms with Crippen LogP contribution in [0.3, 0.4) is 0 Å². The number of alkyl halides is 3. The summed E-state index contributed by atoms with van der Waals surface area (Å²) in [6.45, 7) is 1.69. The third-order valence-electron chi connectivity index (χ3n) is 2.66. The first-order valence-corrected chi connectivity index (χ1v) is 6.14. The number of benzene rings is 1. The molecule has 20 heavy (non-hydrogen) atoms. The van der Waals surface area contributed by atoms with E-state index in [1.807, 2.05) is 0 Å². The first-order valence-electron chi connectivity index (χ1n) is 6.14. The van der Waals surface area contributed by atoms with Gasteiger partial charge in [0.1, 0.15) is 5.75 Å². The number of para-hydroxylation sites is 1. The number of carbonyl (C=O) groups is 1. The molecule has 1 rings (SSSR count). The van der Waals surface area contributed by atoms with E-state index < -0.39 is 18.0 Å². The van der Waals surface area contributed by atoms with Crippen molar-refractivity contribution in [2.45, 2.75) is 32.2 Å². The van der Waals surface area contributed by atoms with E-state index in [-0.39, 0.29) is 18.2 Å². The van der Waals surface area contributed by atoms with Gasteiger partial charge in [0.2, 0.25) is 0 Å². The van der Waals surface area contributed by atoms with Crippen molar-refractivity contribution in [3.05, 3.63) is 29.8 Å². The maximum atomic E-state index is 12.2. The lowest BCUT2D eigenvalue weighted by atomic mass is 10.1. The molecule has 1 atom stereocenters. The summed E-state index contributed by atoms with van der Waals surface area (Å²) in [4.78, 5) is 12.0. The van der Waals surface area contributed by atoms with E-state index in [2.05, 4.69) is 10.1 Å². The van der Waals surface area contributed by atoms with Gasteiger partial charge in [0.15, 0.2) is 0 Å². The summed E-state index contributed by atoms with van der Waals surface area (Å²) in [5, 5.41) is 11.4. The monoisotopic (exact) mass is 291 g/mol. The number of aliphatic hydroxyl groups excluding tert-OH is 1. The predicted molar refractivity (Wildman–Crippen MR) is 66.4 cm³/mol. The molecule has 0 aliphatic carbocycles. The van der Waals surface area contributed by atoms with Crippen molar-refractivity contribution < 1.29 is 27.8 Å². The zero-order valence-corrected chi connectivity index (χ0v) is 10.9. The zero-order valence-electron chi connectivity index (χ0n) is 10.9. The van der Waals surface area contributed by atoms with Gasteiger partial charge in [-0.3, -0.25) is 4.79 Å². The van der Waals surface area contributed by atoms with E-state index >= 15 is 0 Å². The third-order valence-corrected chi connectivity index (χ3v) is 2.66. The lowest BCUT2D eigenvalue weighted by Gasteiger charge is -2.17. The number of amides is 1. The number of nitrogens with one attached hydrogen (secondary N) is 1. The standard InChI is InChI=1S/C13H16F3NO3/c1-2-9(7-8-18)17-12(19)10-5-3-4-6-11(10)20-13(14,15)16/h3-6,9,18H,2,7-8H2,1H3,(H,17,19). The van der Waals surface area contributed by atoms with Crippen molar-refractivity contribution in [2.24, 2.45) is 0 Å². The van der Waals surface area contributed by atoms with Crippen LogP contribution in [0, 0.1) is 0 Å². The minimum Gasteiger partial charge on any atom is -0.405 e. The highest BCUT2D eigenvalue weighted by atomic mass is 19.4. The minimum absolute atomic E-state index is 0.112. The van der Waals surface area contributed by atoms with Gasteiger partial charge in [0, 0.05) is 12.6 Å². The summed E-state index contributed by atoms with van der Waals surface area (Å²) in [7, 11) is 0. The Labute approximate surface area is 114 Å². The van der Waals surface area contributed by atoms with Crippen LogP contribution in [0.25, 0.3) is 0 Å². The Hall–Kier alpha value is -1.76. The van der Waals surface area contributed by atoms with Gasteiger partial charge in [0.05, 0.1) is 5.56 Å². The molecule has 2 N–H and O–H groups in total. The number of halogens is 3. The van der Waals surface area contributed by atoms with E-state index in [4.69, 9.17) is 5.11 Å². The van der Waals surface area contributed by atoms with Crippen LogP contribution in [0.2, 0.25) is 0 Å². The van der Waals surface area contributed by atoms with Gasteiger partial charge in [-0.2, -0.15) is 0 Å². The molecule has 4 nitrogen and oxygen atoms in total. The molecule has 1 aromatic rings. The van der Waals surface area contributed by atoms with Crippen LogP contribution in [0.4, 0.5) is 13.2 Å². The van der Waals surface area contributed by atoms with Crippen LogP contribution in [-0.2, 0) is 0 Å². The van der Waals surface area contributed by atoms with Gasteiger partial charge < -0.3 is 15.2 Å². The first kappa shape index (κ1) is 16.3. The fourth-order valence-corrected chi connectivity index (χ4v) is 1.67. The Morgan fingerprint density at radius 2 is 2.05 bits per heavy atom. The molecule has 1 aromatic carbocycles. The summed E-state index contributed by atoms with van der Waals surface area (Å²) in [5.74, 6) is -1.21. The topological polar surface area (TPSA) is 58.6 Å². The Balaban J connectivity index is 2.87. The Bertz CT molecular complexity index is 449. The average molecular weight is 291 g/mol. The molecule has 0 spiro atoms. The van der Waals surface area contributed by atoms with Gasteiger partial charge in [0.25, 0.3) is 5.91 Å². The van der Waals surface area contributed by atoms with Gasteiger partial charge in [-0.25, -0.2) is 0 Å². The summed E-state index contributed by atoms with van der Waals surface area (Å²) in [6, 6.07) is 4.83. The quantitative estimate of drug-likeness (QED) is 0.846. The molecule has 0 heterocycles. The van der Waals surface area contributed by atoms with Gasteiger partial charge in [-0.05, 0) is 25.0 Å². The number of carbonyl (C=O) groups excluding carboxylic acids is 1. The van der Waals surface area contributed by atoms with Crippen molar-refractivity contribution in [2.75, 3.05) is 6.61 Å². The second kappa shape index (κ2) is 7.14. The molecule has 1 amide bonds. The van der Waals surface area contributed by atoms with Crippen molar-refractivity contribution in [1.29, 1.82) is 0 Å². The van der Waals surface area contributed by atoms with Crippen LogP contribution >= 0.6 is 0 Å². The van der Waals surface area contributed by atoms with Gasteiger partial charge in [-0.15, -0.1) is 13.2 Å². The molecule has 0 bridgehead atoms. The highest BCUT2D eigenvalue weighted by molar-refractivity contribution is 5.97. The van der Waals surface area contributed by atoms with Crippen molar-refractivity contribution in [1.82, 2.24) is 5.32 Å². The number of hydrogen-bond acceptors (Lipinski definition) is 3. The fraction of sp³-hybridized carbons (Fsp3) is 0.462. The van der Waals surface area contributed by atoms with E-state index in [0.717, 1.165) is 6.07 Å². The van der Waals surface area contributed by atoms with E-state index in [0.29, 0.717) is 12.8 Å². The largest absolute Gasteiger partial charge is 0.573 e. The van der Waals surface area contributed by atoms with Crippen molar-refractivity contribution >= 4 is 5.91 Å². The van der Waals surface area contributed by atoms with E-state index in [9.17, 15) is 18.0 Å². The van der Waals surface area contributed by atoms with Crippen LogP contribution in [0.15, 0.2) is 24.3 Å². The number of ether oxygens (including phenoxy) is 1. The molecule has 7 heteroatoms. The number of aliphatic hydroxyl groups is 1. The summed E-state index contributed by atoms with van der Waals surface area (Å²) in [5.41, 5.74) is -0.193. The molecule has 0 aliphatic rings. The molecule has 0 fully saturated rings. The zero-order chi connectivity index (χ0) is 15.2. The summed E-state index contributed by atoms with van der Waals surface area (Å²) in [6.07, 6.45) is -3.95. The minimum atomic E-state index is -4.86. The van der Waals surface area contributed by atoms with Crippen LogP contribution in [0.5, 0.6) is 5.75 Å². The first-order chi connectivity index (χ1) is 9.37. The Morgan fingerprint density at radius 3 is 2.60 bits per heavy atom. The number of rotatable bonds is 6. The highest BCUT2D eigenvalue weighted by Gasteiger charge is 2.32. The van der Waals surface area contributed by atoms with Crippen LogP contribution in [0.1, 0.15) is 30.1 Å². The summed E-state index contributed by atoms with van der Waals surface area (Å²) < 4.78 is 40.6. The van der Waals surface area contributed by atoms with Crippen molar-refractivity contribution in [3.8, 4) is 5.75 Å². The molecule has 0 aromatic heterocycles. The third kappa shape index (κ3) is 5.08. The number of hydrogen-bond donors (Lipinski definition) is 2. The molecule has 0 saturated heterocycles. The molecule has 0 radical (unpaired) electrons. The predicted octanol–water partition coefficient (Wildman–Crippen LogP) is 2.48. The normalized spacial score (nSPS) is 12.8. The second-order valence-corrected chi connectivity index (χ2v) is 4.13.